The molecule has 2 fully saturated rings. The lowest BCUT2D eigenvalue weighted by Gasteiger charge is -2.27. The Labute approximate surface area is 90.3 Å². The van der Waals surface area contributed by atoms with Gasteiger partial charge in [-0.25, -0.2) is 0 Å². The number of thioether (sulfide) groups is 1. The Hall–Kier alpha value is -1.08. The minimum Gasteiger partial charge on any atom is -0.378 e. The number of amides is 3. The SMILES string of the molecule is O=C1NC(=O)C(C(=O)N2CCOCC2)S1. The van der Waals surface area contributed by atoms with Gasteiger partial charge in [0.1, 0.15) is 0 Å². The summed E-state index contributed by atoms with van der Waals surface area (Å²) in [6.45, 7) is 1.94. The van der Waals surface area contributed by atoms with Crippen LogP contribution in [-0.2, 0) is 14.3 Å². The van der Waals surface area contributed by atoms with E-state index >= 15 is 0 Å². The average Bonchev–Trinajstić information content (AvgIpc) is 2.58. The van der Waals surface area contributed by atoms with E-state index in [9.17, 15) is 14.4 Å². The minimum absolute atomic E-state index is 0.299. The summed E-state index contributed by atoms with van der Waals surface area (Å²) in [7, 11) is 0. The van der Waals surface area contributed by atoms with Gasteiger partial charge in [-0.1, -0.05) is 0 Å². The topological polar surface area (TPSA) is 75.7 Å². The first-order valence-corrected chi connectivity index (χ1v) is 5.44. The molecule has 1 N–H and O–H groups in total. The zero-order chi connectivity index (χ0) is 10.8. The summed E-state index contributed by atoms with van der Waals surface area (Å²) < 4.78 is 5.09. The van der Waals surface area contributed by atoms with Crippen LogP contribution in [0.1, 0.15) is 0 Å². The number of morpholine rings is 1. The number of imide groups is 1. The van der Waals surface area contributed by atoms with Crippen LogP contribution in [0.4, 0.5) is 4.79 Å². The zero-order valence-corrected chi connectivity index (χ0v) is 8.71. The molecule has 2 heterocycles. The lowest BCUT2D eigenvalue weighted by atomic mass is 10.3. The highest BCUT2D eigenvalue weighted by Gasteiger charge is 2.39. The van der Waals surface area contributed by atoms with Gasteiger partial charge >= 0.3 is 0 Å². The molecule has 0 aromatic heterocycles. The molecule has 82 valence electrons. The summed E-state index contributed by atoms with van der Waals surface area (Å²) >= 11 is 0.744. The van der Waals surface area contributed by atoms with E-state index in [0.29, 0.717) is 26.3 Å². The van der Waals surface area contributed by atoms with Crippen molar-refractivity contribution in [2.24, 2.45) is 0 Å². The molecule has 7 heteroatoms. The Kier molecular flexibility index (Phi) is 2.92. The number of nitrogens with zero attached hydrogens (tertiary/aromatic N) is 1. The first-order valence-electron chi connectivity index (χ1n) is 4.56. The number of nitrogens with one attached hydrogen (secondary N) is 1. The second kappa shape index (κ2) is 4.19. The molecule has 0 spiro atoms. The fraction of sp³-hybridized carbons (Fsp3) is 0.625. The van der Waals surface area contributed by atoms with Crippen molar-refractivity contribution in [3.8, 4) is 0 Å². The maximum absolute atomic E-state index is 11.8. The van der Waals surface area contributed by atoms with Crippen molar-refractivity contribution in [1.82, 2.24) is 10.2 Å². The minimum atomic E-state index is -0.907. The number of carbonyl (C=O) groups is 3. The highest BCUT2D eigenvalue weighted by molar-refractivity contribution is 8.16. The summed E-state index contributed by atoms with van der Waals surface area (Å²) in [6.07, 6.45) is 0. The summed E-state index contributed by atoms with van der Waals surface area (Å²) in [6, 6.07) is 0. The smallest absolute Gasteiger partial charge is 0.286 e. The maximum atomic E-state index is 11.8. The van der Waals surface area contributed by atoms with Gasteiger partial charge < -0.3 is 9.64 Å². The molecule has 2 aliphatic heterocycles. The van der Waals surface area contributed by atoms with Crippen molar-refractivity contribution < 1.29 is 19.1 Å². The number of hydrogen-bond donors (Lipinski definition) is 1. The van der Waals surface area contributed by atoms with Crippen LogP contribution in [0.25, 0.3) is 0 Å². The second-order valence-corrected chi connectivity index (χ2v) is 4.29. The van der Waals surface area contributed by atoms with E-state index in [1.165, 1.54) is 0 Å². The van der Waals surface area contributed by atoms with Gasteiger partial charge in [-0.05, 0) is 11.8 Å². The standard InChI is InChI=1S/C8H10N2O4S/c11-6-5(15-8(13)9-6)7(12)10-1-3-14-4-2-10/h5H,1-4H2,(H,9,11,13). The molecule has 0 radical (unpaired) electrons. The van der Waals surface area contributed by atoms with E-state index < -0.39 is 16.4 Å². The Balaban J connectivity index is 2.00. The Morgan fingerprint density at radius 1 is 1.40 bits per heavy atom. The van der Waals surface area contributed by atoms with Crippen molar-refractivity contribution in [2.45, 2.75) is 5.25 Å². The summed E-state index contributed by atoms with van der Waals surface area (Å²) in [5.74, 6) is -0.812. The molecule has 6 nitrogen and oxygen atoms in total. The van der Waals surface area contributed by atoms with E-state index in [1.807, 2.05) is 0 Å². The third-order valence-corrected chi connectivity index (χ3v) is 3.20. The van der Waals surface area contributed by atoms with Crippen molar-refractivity contribution in [1.29, 1.82) is 0 Å². The lowest BCUT2D eigenvalue weighted by molar-refractivity contribution is -0.137. The predicted octanol–water partition coefficient (Wildman–Crippen LogP) is -0.803. The van der Waals surface area contributed by atoms with Gasteiger partial charge in [0.25, 0.3) is 11.1 Å². The molecule has 1 atom stereocenters. The van der Waals surface area contributed by atoms with Gasteiger partial charge in [-0.3, -0.25) is 19.7 Å². The van der Waals surface area contributed by atoms with Crippen molar-refractivity contribution in [3.63, 3.8) is 0 Å². The monoisotopic (exact) mass is 230 g/mol. The van der Waals surface area contributed by atoms with Crippen molar-refractivity contribution >= 4 is 28.8 Å². The number of ether oxygens (including phenoxy) is 1. The summed E-state index contributed by atoms with van der Waals surface area (Å²) in [5, 5.41) is 0.734. The average molecular weight is 230 g/mol. The third-order valence-electron chi connectivity index (χ3n) is 2.24. The molecule has 2 aliphatic rings. The number of hydrogen-bond acceptors (Lipinski definition) is 5. The number of carbonyl (C=O) groups excluding carboxylic acids is 3. The van der Waals surface area contributed by atoms with Gasteiger partial charge in [-0.2, -0.15) is 0 Å². The molecule has 0 bridgehead atoms. The quantitative estimate of drug-likeness (QED) is 0.597. The molecular weight excluding hydrogens is 220 g/mol. The molecule has 2 rings (SSSR count). The van der Waals surface area contributed by atoms with Crippen molar-refractivity contribution in [3.05, 3.63) is 0 Å². The zero-order valence-electron chi connectivity index (χ0n) is 7.89. The van der Waals surface area contributed by atoms with Gasteiger partial charge in [0.05, 0.1) is 13.2 Å². The molecule has 2 saturated heterocycles. The van der Waals surface area contributed by atoms with Crippen LogP contribution >= 0.6 is 11.8 Å². The fourth-order valence-corrected chi connectivity index (χ4v) is 2.26. The molecule has 1 unspecified atom stereocenters. The third kappa shape index (κ3) is 2.13. The molecule has 3 amide bonds. The first kappa shape index (κ1) is 10.4. The molecule has 0 aromatic rings. The summed E-state index contributed by atoms with van der Waals surface area (Å²) in [4.78, 5) is 35.5. The lowest BCUT2D eigenvalue weighted by Crippen LogP contribution is -2.47. The molecular formula is C8H10N2O4S. The molecule has 15 heavy (non-hydrogen) atoms. The molecule has 0 saturated carbocycles. The Morgan fingerprint density at radius 2 is 2.07 bits per heavy atom. The van der Waals surface area contributed by atoms with Crippen LogP contribution in [0.15, 0.2) is 0 Å². The molecule has 0 aliphatic carbocycles. The van der Waals surface area contributed by atoms with Gasteiger partial charge in [0.2, 0.25) is 5.91 Å². The van der Waals surface area contributed by atoms with Crippen LogP contribution in [0, 0.1) is 0 Å². The Bertz CT molecular complexity index is 314. The normalized spacial score (nSPS) is 26.7. The first-order chi connectivity index (χ1) is 7.18. The summed E-state index contributed by atoms with van der Waals surface area (Å²) in [5.41, 5.74) is 0. The van der Waals surface area contributed by atoms with Gasteiger partial charge in [0, 0.05) is 13.1 Å². The molecule has 0 aromatic carbocycles. The van der Waals surface area contributed by atoms with Crippen LogP contribution < -0.4 is 5.32 Å². The maximum Gasteiger partial charge on any atom is 0.286 e. The van der Waals surface area contributed by atoms with Crippen LogP contribution in [0.3, 0.4) is 0 Å². The van der Waals surface area contributed by atoms with Crippen LogP contribution in [0.5, 0.6) is 0 Å². The van der Waals surface area contributed by atoms with E-state index in [1.54, 1.807) is 4.90 Å². The van der Waals surface area contributed by atoms with Crippen LogP contribution in [0.2, 0.25) is 0 Å². The van der Waals surface area contributed by atoms with Crippen LogP contribution in [-0.4, -0.2) is 53.5 Å². The van der Waals surface area contributed by atoms with Crippen molar-refractivity contribution in [2.75, 3.05) is 26.3 Å². The highest BCUT2D eigenvalue weighted by Crippen LogP contribution is 2.21. The fourth-order valence-electron chi connectivity index (χ4n) is 1.47. The van der Waals surface area contributed by atoms with E-state index in [0.717, 1.165) is 11.8 Å². The van der Waals surface area contributed by atoms with Gasteiger partial charge in [0.15, 0.2) is 5.25 Å². The van der Waals surface area contributed by atoms with E-state index in [-0.39, 0.29) is 5.91 Å². The number of rotatable bonds is 1. The predicted molar refractivity (Wildman–Crippen MR) is 52.3 cm³/mol. The van der Waals surface area contributed by atoms with E-state index in [4.69, 9.17) is 4.74 Å². The highest BCUT2D eigenvalue weighted by atomic mass is 32.2. The Morgan fingerprint density at radius 3 is 2.60 bits per heavy atom. The largest absolute Gasteiger partial charge is 0.378 e. The second-order valence-electron chi connectivity index (χ2n) is 3.21. The van der Waals surface area contributed by atoms with Gasteiger partial charge in [-0.15, -0.1) is 0 Å². The van der Waals surface area contributed by atoms with E-state index in [2.05, 4.69) is 5.32 Å².